The molecular weight excluding hydrogens is 276 g/mol. The first-order valence-corrected chi connectivity index (χ1v) is 8.08. The van der Waals surface area contributed by atoms with E-state index < -0.39 is 0 Å². The van der Waals surface area contributed by atoms with E-state index in [9.17, 15) is 9.59 Å². The van der Waals surface area contributed by atoms with Gasteiger partial charge < -0.3 is 10.6 Å². The average molecular weight is 302 g/mol. The minimum Gasteiger partial charge on any atom is -0.349 e. The molecule has 0 atom stereocenters. The summed E-state index contributed by atoms with van der Waals surface area (Å²) in [6, 6.07) is 7.19. The summed E-state index contributed by atoms with van der Waals surface area (Å²) in [5, 5.41) is 5.99. The van der Waals surface area contributed by atoms with Crippen molar-refractivity contribution in [1.82, 2.24) is 10.6 Å². The fourth-order valence-corrected chi connectivity index (χ4v) is 2.73. The summed E-state index contributed by atoms with van der Waals surface area (Å²) in [6.45, 7) is 5.81. The van der Waals surface area contributed by atoms with Crippen molar-refractivity contribution in [2.24, 2.45) is 0 Å². The lowest BCUT2D eigenvalue weighted by Gasteiger charge is -2.23. The fourth-order valence-electron chi connectivity index (χ4n) is 2.73. The van der Waals surface area contributed by atoms with Gasteiger partial charge in [-0.2, -0.15) is 0 Å². The lowest BCUT2D eigenvalue weighted by Crippen LogP contribution is -2.40. The van der Waals surface area contributed by atoms with Crippen molar-refractivity contribution in [3.05, 3.63) is 35.4 Å². The highest BCUT2D eigenvalue weighted by Crippen LogP contribution is 2.18. The van der Waals surface area contributed by atoms with Gasteiger partial charge in [0.1, 0.15) is 0 Å². The zero-order valence-electron chi connectivity index (χ0n) is 13.7. The zero-order valence-corrected chi connectivity index (χ0v) is 13.7. The molecule has 2 N–H and O–H groups in total. The number of rotatable bonds is 3. The molecule has 1 aliphatic rings. The second kappa shape index (κ2) is 6.95. The van der Waals surface area contributed by atoms with E-state index in [0.29, 0.717) is 11.1 Å². The molecule has 22 heavy (non-hydrogen) atoms. The van der Waals surface area contributed by atoms with Gasteiger partial charge in [0.05, 0.1) is 0 Å². The number of hydrogen-bond acceptors (Lipinski definition) is 2. The minimum absolute atomic E-state index is 0.0858. The van der Waals surface area contributed by atoms with Crippen LogP contribution in [-0.2, 0) is 0 Å². The Kier molecular flexibility index (Phi) is 5.22. The zero-order chi connectivity index (χ0) is 16.2. The van der Waals surface area contributed by atoms with Gasteiger partial charge in [-0.3, -0.25) is 9.59 Å². The Bertz CT molecular complexity index is 540. The fraction of sp³-hybridized carbons (Fsp3) is 0.556. The van der Waals surface area contributed by atoms with Crippen molar-refractivity contribution in [2.75, 3.05) is 0 Å². The van der Waals surface area contributed by atoms with Crippen molar-refractivity contribution < 1.29 is 9.59 Å². The Balaban J connectivity index is 2.03. The van der Waals surface area contributed by atoms with E-state index in [1.807, 2.05) is 20.8 Å². The van der Waals surface area contributed by atoms with E-state index in [1.54, 1.807) is 24.3 Å². The van der Waals surface area contributed by atoms with Gasteiger partial charge in [-0.15, -0.1) is 0 Å². The lowest BCUT2D eigenvalue weighted by atomic mass is 9.95. The summed E-state index contributed by atoms with van der Waals surface area (Å²) >= 11 is 0. The van der Waals surface area contributed by atoms with Crippen LogP contribution in [0.1, 0.15) is 73.6 Å². The van der Waals surface area contributed by atoms with Crippen LogP contribution < -0.4 is 10.6 Å². The molecular formula is C18H26N2O2. The van der Waals surface area contributed by atoms with E-state index in [2.05, 4.69) is 10.6 Å². The molecule has 0 saturated heterocycles. The maximum atomic E-state index is 12.3. The van der Waals surface area contributed by atoms with Gasteiger partial charge in [0, 0.05) is 22.7 Å². The van der Waals surface area contributed by atoms with Gasteiger partial charge >= 0.3 is 0 Å². The highest BCUT2D eigenvalue weighted by atomic mass is 16.2. The van der Waals surface area contributed by atoms with Crippen molar-refractivity contribution in [1.29, 1.82) is 0 Å². The quantitative estimate of drug-likeness (QED) is 0.900. The van der Waals surface area contributed by atoms with Gasteiger partial charge in [-0.05, 0) is 51.8 Å². The van der Waals surface area contributed by atoms with E-state index in [1.165, 1.54) is 19.3 Å². The second-order valence-electron chi connectivity index (χ2n) is 7.09. The van der Waals surface area contributed by atoms with E-state index in [-0.39, 0.29) is 23.4 Å². The van der Waals surface area contributed by atoms with Gasteiger partial charge in [0.25, 0.3) is 11.8 Å². The molecule has 120 valence electrons. The third kappa shape index (κ3) is 4.86. The molecule has 0 bridgehead atoms. The summed E-state index contributed by atoms with van der Waals surface area (Å²) in [5.41, 5.74) is 0.774. The first-order chi connectivity index (χ1) is 10.3. The third-order valence-corrected chi connectivity index (χ3v) is 3.82. The predicted molar refractivity (Wildman–Crippen MR) is 88.0 cm³/mol. The first kappa shape index (κ1) is 16.5. The monoisotopic (exact) mass is 302 g/mol. The van der Waals surface area contributed by atoms with Gasteiger partial charge in [-0.25, -0.2) is 0 Å². The molecule has 1 aromatic carbocycles. The van der Waals surface area contributed by atoms with Crippen LogP contribution in [0.25, 0.3) is 0 Å². The van der Waals surface area contributed by atoms with Crippen LogP contribution in [0, 0.1) is 0 Å². The van der Waals surface area contributed by atoms with Crippen LogP contribution in [0.3, 0.4) is 0 Å². The molecule has 2 amide bonds. The van der Waals surface area contributed by atoms with Gasteiger partial charge in [0.2, 0.25) is 0 Å². The molecule has 4 heteroatoms. The number of carbonyl (C=O) groups excluding carboxylic acids is 2. The molecule has 0 aliphatic heterocycles. The first-order valence-electron chi connectivity index (χ1n) is 8.08. The Morgan fingerprint density at radius 3 is 2.18 bits per heavy atom. The van der Waals surface area contributed by atoms with Crippen LogP contribution in [0.5, 0.6) is 0 Å². The van der Waals surface area contributed by atoms with Crippen LogP contribution in [0.2, 0.25) is 0 Å². The van der Waals surface area contributed by atoms with Gasteiger partial charge in [-0.1, -0.05) is 25.3 Å². The third-order valence-electron chi connectivity index (χ3n) is 3.82. The molecule has 4 nitrogen and oxygen atoms in total. The topological polar surface area (TPSA) is 58.2 Å². The standard InChI is InChI=1S/C18H26N2O2/c1-18(2,3)20-17(22)14-9-7-8-13(12-14)16(21)19-15-10-5-4-6-11-15/h7-9,12,15H,4-6,10-11H2,1-3H3,(H,19,21)(H,20,22). The number of carbonyl (C=O) groups is 2. The van der Waals surface area contributed by atoms with E-state index in [4.69, 9.17) is 0 Å². The smallest absolute Gasteiger partial charge is 0.251 e. The molecule has 0 aromatic heterocycles. The minimum atomic E-state index is -0.294. The van der Waals surface area contributed by atoms with Crippen molar-refractivity contribution in [2.45, 2.75) is 64.5 Å². The molecule has 0 unspecified atom stereocenters. The molecule has 2 rings (SSSR count). The number of benzene rings is 1. The van der Waals surface area contributed by atoms with Crippen LogP contribution in [0.15, 0.2) is 24.3 Å². The summed E-state index contributed by atoms with van der Waals surface area (Å²) in [4.78, 5) is 24.5. The molecule has 1 saturated carbocycles. The number of hydrogen-bond donors (Lipinski definition) is 2. The molecule has 1 fully saturated rings. The highest BCUT2D eigenvalue weighted by molar-refractivity contribution is 5.99. The molecule has 0 radical (unpaired) electrons. The Morgan fingerprint density at radius 2 is 1.59 bits per heavy atom. The normalized spacial score (nSPS) is 16.1. The molecule has 1 aliphatic carbocycles. The maximum Gasteiger partial charge on any atom is 0.251 e. The van der Waals surface area contributed by atoms with Crippen LogP contribution >= 0.6 is 0 Å². The summed E-state index contributed by atoms with van der Waals surface area (Å²) in [5.74, 6) is -0.239. The summed E-state index contributed by atoms with van der Waals surface area (Å²) in [7, 11) is 0. The number of amides is 2. The van der Waals surface area contributed by atoms with E-state index in [0.717, 1.165) is 12.8 Å². The maximum absolute atomic E-state index is 12.3. The molecule has 1 aromatic rings. The van der Waals surface area contributed by atoms with Crippen molar-refractivity contribution in [3.63, 3.8) is 0 Å². The van der Waals surface area contributed by atoms with E-state index >= 15 is 0 Å². The Labute approximate surface area is 132 Å². The number of nitrogens with one attached hydrogen (secondary N) is 2. The summed E-state index contributed by atoms with van der Waals surface area (Å²) in [6.07, 6.45) is 5.72. The van der Waals surface area contributed by atoms with Crippen molar-refractivity contribution in [3.8, 4) is 0 Å². The highest BCUT2D eigenvalue weighted by Gasteiger charge is 2.19. The SMILES string of the molecule is CC(C)(C)NC(=O)c1cccc(C(=O)NC2CCCCC2)c1. The lowest BCUT2D eigenvalue weighted by molar-refractivity contribution is 0.0919. The average Bonchev–Trinajstić information content (AvgIpc) is 2.46. The predicted octanol–water partition coefficient (Wildman–Crippen LogP) is 3.28. The van der Waals surface area contributed by atoms with Gasteiger partial charge in [0.15, 0.2) is 0 Å². The molecule has 0 spiro atoms. The second-order valence-corrected chi connectivity index (χ2v) is 7.09. The van der Waals surface area contributed by atoms with Crippen LogP contribution in [-0.4, -0.2) is 23.4 Å². The molecule has 0 heterocycles. The van der Waals surface area contributed by atoms with Crippen LogP contribution in [0.4, 0.5) is 0 Å². The van der Waals surface area contributed by atoms with Crippen molar-refractivity contribution >= 4 is 11.8 Å². The summed E-state index contributed by atoms with van der Waals surface area (Å²) < 4.78 is 0. The Morgan fingerprint density at radius 1 is 1.00 bits per heavy atom. The largest absolute Gasteiger partial charge is 0.349 e. The Hall–Kier alpha value is -1.84.